The minimum atomic E-state index is -0.442. The highest BCUT2D eigenvalue weighted by Crippen LogP contribution is 2.33. The van der Waals surface area contributed by atoms with Gasteiger partial charge in [-0.3, -0.25) is 15.5 Å². The minimum absolute atomic E-state index is 0.0371. The van der Waals surface area contributed by atoms with Gasteiger partial charge in [-0.05, 0) is 37.0 Å². The minimum Gasteiger partial charge on any atom is -0.358 e. The molecule has 0 amide bonds. The van der Waals surface area contributed by atoms with E-state index < -0.39 is 4.92 Å². The van der Waals surface area contributed by atoms with Crippen molar-refractivity contribution in [3.8, 4) is 0 Å². The van der Waals surface area contributed by atoms with Crippen LogP contribution >= 0.6 is 24.0 Å². The first-order valence-electron chi connectivity index (χ1n) is 7.38. The summed E-state index contributed by atoms with van der Waals surface area (Å²) < 4.78 is 1.69. The van der Waals surface area contributed by atoms with Crippen molar-refractivity contribution in [1.82, 2.24) is 25.5 Å². The summed E-state index contributed by atoms with van der Waals surface area (Å²) in [6.07, 6.45) is 2.99. The van der Waals surface area contributed by atoms with E-state index in [-0.39, 0.29) is 5.69 Å². The Hall–Kier alpha value is -2.79. The van der Waals surface area contributed by atoms with E-state index >= 15 is 0 Å². The van der Waals surface area contributed by atoms with Gasteiger partial charge in [0.15, 0.2) is 10.3 Å². The summed E-state index contributed by atoms with van der Waals surface area (Å²) >= 11 is 6.22. The molecule has 0 spiro atoms. The smallest absolute Gasteiger partial charge is 0.283 e. The zero-order chi connectivity index (χ0) is 19.1. The Morgan fingerprint density at radius 2 is 2.35 bits per heavy atom. The summed E-state index contributed by atoms with van der Waals surface area (Å²) in [5.41, 5.74) is 4.11. The van der Waals surface area contributed by atoms with Crippen LogP contribution in [-0.2, 0) is 7.05 Å². The van der Waals surface area contributed by atoms with Gasteiger partial charge in [0.1, 0.15) is 6.33 Å². The topological polar surface area (TPSA) is 110 Å². The molecule has 136 valence electrons. The molecule has 0 aliphatic carbocycles. The van der Waals surface area contributed by atoms with E-state index in [1.807, 2.05) is 6.92 Å². The van der Waals surface area contributed by atoms with E-state index in [2.05, 4.69) is 32.6 Å². The van der Waals surface area contributed by atoms with Crippen LogP contribution in [0.4, 0.5) is 5.69 Å². The molecule has 0 aliphatic rings. The van der Waals surface area contributed by atoms with Crippen LogP contribution in [0, 0.1) is 10.1 Å². The van der Waals surface area contributed by atoms with Gasteiger partial charge in [0.2, 0.25) is 0 Å². The van der Waals surface area contributed by atoms with Gasteiger partial charge in [0.05, 0.1) is 16.0 Å². The third-order valence-electron chi connectivity index (χ3n) is 2.98. The number of hydrazone groups is 1. The van der Waals surface area contributed by atoms with Crippen molar-refractivity contribution in [2.45, 2.75) is 17.0 Å². The number of rotatable bonds is 7. The third-order valence-corrected chi connectivity index (χ3v) is 4.33. The van der Waals surface area contributed by atoms with Gasteiger partial charge in [-0.2, -0.15) is 5.10 Å². The van der Waals surface area contributed by atoms with Crippen molar-refractivity contribution in [2.75, 3.05) is 6.54 Å². The number of benzene rings is 1. The lowest BCUT2D eigenvalue weighted by Gasteiger charge is -2.06. The van der Waals surface area contributed by atoms with Crippen LogP contribution in [0.1, 0.15) is 12.5 Å². The van der Waals surface area contributed by atoms with E-state index in [1.54, 1.807) is 23.7 Å². The van der Waals surface area contributed by atoms with Crippen LogP contribution in [-0.4, -0.2) is 37.6 Å². The van der Waals surface area contributed by atoms with E-state index in [0.717, 1.165) is 5.57 Å². The largest absolute Gasteiger partial charge is 0.358 e. The zero-order valence-electron chi connectivity index (χ0n) is 14.2. The number of nitro groups is 1. The molecule has 0 saturated carbocycles. The van der Waals surface area contributed by atoms with Crippen LogP contribution < -0.4 is 10.7 Å². The van der Waals surface area contributed by atoms with Gasteiger partial charge in [-0.25, -0.2) is 0 Å². The van der Waals surface area contributed by atoms with Crippen LogP contribution in [0.3, 0.4) is 0 Å². The first-order valence-corrected chi connectivity index (χ1v) is 8.61. The van der Waals surface area contributed by atoms with Crippen molar-refractivity contribution in [3.05, 3.63) is 52.4 Å². The van der Waals surface area contributed by atoms with Gasteiger partial charge in [0.25, 0.3) is 5.69 Å². The highest BCUT2D eigenvalue weighted by atomic mass is 32.2. The highest BCUT2D eigenvalue weighted by Gasteiger charge is 2.17. The lowest BCUT2D eigenvalue weighted by atomic mass is 10.2. The Bertz CT molecular complexity index is 863. The second-order valence-corrected chi connectivity index (χ2v) is 6.74. The Morgan fingerprint density at radius 3 is 2.96 bits per heavy atom. The van der Waals surface area contributed by atoms with Crippen LogP contribution in [0.15, 0.2) is 51.8 Å². The number of hydrogen-bond donors (Lipinski definition) is 2. The summed E-state index contributed by atoms with van der Waals surface area (Å²) in [5.74, 6) is 0. The molecule has 0 atom stereocenters. The molecule has 0 bridgehead atoms. The Kier molecular flexibility index (Phi) is 6.81. The third kappa shape index (κ3) is 5.63. The molecular weight excluding hydrogens is 374 g/mol. The molecule has 1 aromatic carbocycles. The van der Waals surface area contributed by atoms with E-state index in [4.69, 9.17) is 12.2 Å². The van der Waals surface area contributed by atoms with Gasteiger partial charge in [0, 0.05) is 25.2 Å². The number of nitro benzene ring substituents is 1. The summed E-state index contributed by atoms with van der Waals surface area (Å²) in [6, 6.07) is 4.81. The predicted molar refractivity (Wildman–Crippen MR) is 104 cm³/mol. The Labute approximate surface area is 159 Å². The van der Waals surface area contributed by atoms with Crippen molar-refractivity contribution >= 4 is 41.0 Å². The molecule has 11 heteroatoms. The molecule has 0 aliphatic heterocycles. The van der Waals surface area contributed by atoms with E-state index in [9.17, 15) is 10.1 Å². The summed E-state index contributed by atoms with van der Waals surface area (Å²) in [6.45, 7) is 6.17. The normalized spacial score (nSPS) is 10.7. The summed E-state index contributed by atoms with van der Waals surface area (Å²) in [7, 11) is 1.77. The van der Waals surface area contributed by atoms with Gasteiger partial charge >= 0.3 is 0 Å². The lowest BCUT2D eigenvalue weighted by Crippen LogP contribution is -2.32. The number of nitrogens with zero attached hydrogens (tertiary/aromatic N) is 5. The molecule has 2 aromatic rings. The van der Waals surface area contributed by atoms with Gasteiger partial charge in [-0.15, -0.1) is 10.2 Å². The molecule has 0 saturated heterocycles. The average molecular weight is 391 g/mol. The van der Waals surface area contributed by atoms with Crippen molar-refractivity contribution in [1.29, 1.82) is 0 Å². The first-order chi connectivity index (χ1) is 12.4. The molecule has 1 aromatic heterocycles. The van der Waals surface area contributed by atoms with Gasteiger partial charge < -0.3 is 9.88 Å². The summed E-state index contributed by atoms with van der Waals surface area (Å²) in [4.78, 5) is 11.4. The number of nitrogens with one attached hydrogen (secondary N) is 2. The monoisotopic (exact) mass is 391 g/mol. The molecule has 2 rings (SSSR count). The molecule has 9 nitrogen and oxygen atoms in total. The Morgan fingerprint density at radius 1 is 1.58 bits per heavy atom. The standard InChI is InChI=1S/C15H17N7O2S2/c1-10(2)7-16-14(25)19-17-8-11-4-5-13(12(6-11)22(23)24)26-15-20-18-9-21(15)3/h4-6,8-9H,1,7H2,2-3H3,(H2,16,19,25). The maximum absolute atomic E-state index is 11.4. The second kappa shape index (κ2) is 9.06. The van der Waals surface area contributed by atoms with Crippen molar-refractivity contribution in [2.24, 2.45) is 12.1 Å². The van der Waals surface area contributed by atoms with Crippen LogP contribution in [0.25, 0.3) is 0 Å². The van der Waals surface area contributed by atoms with E-state index in [1.165, 1.54) is 30.4 Å². The SMILES string of the molecule is C=C(C)CNC(=S)NN=Cc1ccc(Sc2nncn2C)c([N+](=O)[O-])c1. The average Bonchev–Trinajstić information content (AvgIpc) is 2.99. The zero-order valence-corrected chi connectivity index (χ0v) is 15.8. The quantitative estimate of drug-likeness (QED) is 0.243. The molecule has 1 heterocycles. The number of hydrogen-bond acceptors (Lipinski definition) is 7. The molecular formula is C15H17N7O2S2. The fraction of sp³-hybridized carbons (Fsp3) is 0.200. The molecule has 26 heavy (non-hydrogen) atoms. The molecule has 0 unspecified atom stereocenters. The van der Waals surface area contributed by atoms with Crippen molar-refractivity contribution < 1.29 is 4.92 Å². The van der Waals surface area contributed by atoms with Crippen LogP contribution in [0.2, 0.25) is 0 Å². The Balaban J connectivity index is 2.09. The number of aromatic nitrogens is 3. The lowest BCUT2D eigenvalue weighted by molar-refractivity contribution is -0.387. The van der Waals surface area contributed by atoms with Gasteiger partial charge in [-0.1, -0.05) is 18.2 Å². The predicted octanol–water partition coefficient (Wildman–Crippen LogP) is 2.25. The maximum atomic E-state index is 11.4. The highest BCUT2D eigenvalue weighted by molar-refractivity contribution is 7.99. The molecule has 2 N–H and O–H groups in total. The van der Waals surface area contributed by atoms with Crippen LogP contribution in [0.5, 0.6) is 0 Å². The maximum Gasteiger partial charge on any atom is 0.283 e. The molecule has 0 fully saturated rings. The molecule has 0 radical (unpaired) electrons. The van der Waals surface area contributed by atoms with Crippen molar-refractivity contribution in [3.63, 3.8) is 0 Å². The summed E-state index contributed by atoms with van der Waals surface area (Å²) in [5, 5.41) is 26.8. The first kappa shape index (κ1) is 19.5. The second-order valence-electron chi connectivity index (χ2n) is 5.32. The fourth-order valence-electron chi connectivity index (χ4n) is 1.74. The number of thiocarbonyl (C=S) groups is 1. The fourth-order valence-corrected chi connectivity index (χ4v) is 2.72. The number of aryl methyl sites for hydroxylation is 1. The van der Waals surface area contributed by atoms with E-state index in [0.29, 0.717) is 27.3 Å².